The highest BCUT2D eigenvalue weighted by Crippen LogP contribution is 2.27. The van der Waals surface area contributed by atoms with Gasteiger partial charge in [-0.3, -0.25) is 9.55 Å². The lowest BCUT2D eigenvalue weighted by Gasteiger charge is -2.09. The summed E-state index contributed by atoms with van der Waals surface area (Å²) < 4.78 is 7.62. The molecule has 1 aromatic carbocycles. The maximum Gasteiger partial charge on any atom is 0.200 e. The smallest absolute Gasteiger partial charge is 0.200 e. The molecule has 0 radical (unpaired) electrons. The third-order valence-electron chi connectivity index (χ3n) is 3.73. The number of aromatic nitrogens is 4. The maximum absolute atomic E-state index is 5.53. The van der Waals surface area contributed by atoms with Crippen LogP contribution in [-0.2, 0) is 12.3 Å². The Morgan fingerprint density at radius 2 is 1.80 bits per heavy atom. The SMILES string of the molecule is c1ccc(Cn2c(SCc3cccnc3)nnc2-c2ccco2)cc1. The molecule has 5 nitrogen and oxygen atoms in total. The van der Waals surface area contributed by atoms with Gasteiger partial charge in [0.15, 0.2) is 10.9 Å². The van der Waals surface area contributed by atoms with Crippen LogP contribution in [-0.4, -0.2) is 19.7 Å². The lowest BCUT2D eigenvalue weighted by molar-refractivity contribution is 0.569. The summed E-state index contributed by atoms with van der Waals surface area (Å²) in [5.74, 6) is 2.25. The lowest BCUT2D eigenvalue weighted by atomic mass is 10.2. The van der Waals surface area contributed by atoms with Gasteiger partial charge >= 0.3 is 0 Å². The molecule has 6 heteroatoms. The first-order chi connectivity index (χ1) is 12.4. The molecule has 0 saturated carbocycles. The predicted molar refractivity (Wildman–Crippen MR) is 97.1 cm³/mol. The van der Waals surface area contributed by atoms with Crippen molar-refractivity contribution in [2.75, 3.05) is 0 Å². The Bertz CT molecular complexity index is 921. The van der Waals surface area contributed by atoms with Crippen molar-refractivity contribution >= 4 is 11.8 Å². The van der Waals surface area contributed by atoms with E-state index in [0.717, 1.165) is 28.1 Å². The quantitative estimate of drug-likeness (QED) is 0.487. The van der Waals surface area contributed by atoms with Crippen LogP contribution in [0.2, 0.25) is 0 Å². The molecule has 0 saturated heterocycles. The minimum atomic E-state index is 0.694. The minimum absolute atomic E-state index is 0.694. The van der Waals surface area contributed by atoms with Crippen LogP contribution in [0.5, 0.6) is 0 Å². The van der Waals surface area contributed by atoms with Crippen molar-refractivity contribution in [3.05, 3.63) is 84.4 Å². The molecule has 0 N–H and O–H groups in total. The number of hydrogen-bond donors (Lipinski definition) is 0. The molecule has 0 amide bonds. The fraction of sp³-hybridized carbons (Fsp3) is 0.105. The van der Waals surface area contributed by atoms with Gasteiger partial charge in [0.25, 0.3) is 0 Å². The van der Waals surface area contributed by atoms with Crippen molar-refractivity contribution in [2.45, 2.75) is 17.5 Å². The highest BCUT2D eigenvalue weighted by atomic mass is 32.2. The van der Waals surface area contributed by atoms with E-state index in [-0.39, 0.29) is 0 Å². The average Bonchev–Trinajstić information content (AvgIpc) is 3.32. The zero-order chi connectivity index (χ0) is 16.9. The van der Waals surface area contributed by atoms with Crippen molar-refractivity contribution in [2.24, 2.45) is 0 Å². The Labute approximate surface area is 149 Å². The zero-order valence-corrected chi connectivity index (χ0v) is 14.3. The predicted octanol–water partition coefficient (Wildman–Crippen LogP) is 4.27. The first-order valence-electron chi connectivity index (χ1n) is 7.93. The van der Waals surface area contributed by atoms with Crippen LogP contribution in [0, 0.1) is 0 Å². The number of furan rings is 1. The monoisotopic (exact) mass is 348 g/mol. The molecular formula is C19H16N4OS. The molecule has 4 rings (SSSR count). The van der Waals surface area contributed by atoms with E-state index in [4.69, 9.17) is 4.42 Å². The van der Waals surface area contributed by atoms with Gasteiger partial charge in [-0.15, -0.1) is 10.2 Å². The molecule has 0 bridgehead atoms. The maximum atomic E-state index is 5.53. The van der Waals surface area contributed by atoms with E-state index in [9.17, 15) is 0 Å². The van der Waals surface area contributed by atoms with E-state index in [1.54, 1.807) is 24.2 Å². The Morgan fingerprint density at radius 1 is 0.920 bits per heavy atom. The molecule has 0 fully saturated rings. The van der Waals surface area contributed by atoms with Gasteiger partial charge in [0, 0.05) is 18.1 Å². The number of nitrogens with zero attached hydrogens (tertiary/aromatic N) is 4. The van der Waals surface area contributed by atoms with Gasteiger partial charge in [0.05, 0.1) is 12.8 Å². The van der Waals surface area contributed by atoms with Crippen LogP contribution < -0.4 is 0 Å². The molecule has 0 spiro atoms. The topological polar surface area (TPSA) is 56.7 Å². The largest absolute Gasteiger partial charge is 0.461 e. The summed E-state index contributed by atoms with van der Waals surface area (Å²) in [4.78, 5) is 4.16. The van der Waals surface area contributed by atoms with Crippen molar-refractivity contribution in [1.82, 2.24) is 19.7 Å². The fourth-order valence-corrected chi connectivity index (χ4v) is 3.40. The molecule has 0 atom stereocenters. The van der Waals surface area contributed by atoms with Crippen LogP contribution in [0.15, 0.2) is 82.8 Å². The van der Waals surface area contributed by atoms with Crippen LogP contribution in [0.1, 0.15) is 11.1 Å². The van der Waals surface area contributed by atoms with Gasteiger partial charge in [0.1, 0.15) is 0 Å². The number of thioether (sulfide) groups is 1. The van der Waals surface area contributed by atoms with E-state index in [1.807, 2.05) is 42.6 Å². The molecule has 0 aliphatic heterocycles. The summed E-state index contributed by atoms with van der Waals surface area (Å²) in [7, 11) is 0. The van der Waals surface area contributed by atoms with Gasteiger partial charge in [0.2, 0.25) is 5.82 Å². The second kappa shape index (κ2) is 7.36. The van der Waals surface area contributed by atoms with E-state index in [2.05, 4.69) is 37.9 Å². The molecule has 3 aromatic heterocycles. The fourth-order valence-electron chi connectivity index (χ4n) is 2.52. The lowest BCUT2D eigenvalue weighted by Crippen LogP contribution is -2.03. The number of hydrogen-bond acceptors (Lipinski definition) is 5. The van der Waals surface area contributed by atoms with Crippen molar-refractivity contribution < 1.29 is 4.42 Å². The third-order valence-corrected chi connectivity index (χ3v) is 4.77. The standard InChI is InChI=1S/C19H16N4OS/c1-2-6-15(7-3-1)13-23-18(17-9-5-11-24-17)21-22-19(23)25-14-16-8-4-10-20-12-16/h1-12H,13-14H2. The van der Waals surface area contributed by atoms with Crippen molar-refractivity contribution in [1.29, 1.82) is 0 Å². The van der Waals surface area contributed by atoms with Crippen LogP contribution in [0.3, 0.4) is 0 Å². The molecule has 0 unspecified atom stereocenters. The summed E-state index contributed by atoms with van der Waals surface area (Å²) in [5.41, 5.74) is 2.35. The molecular weight excluding hydrogens is 332 g/mol. The second-order valence-electron chi connectivity index (χ2n) is 5.51. The molecule has 4 aromatic rings. The number of rotatable bonds is 6. The summed E-state index contributed by atoms with van der Waals surface area (Å²) in [5, 5.41) is 9.59. The Morgan fingerprint density at radius 3 is 2.56 bits per heavy atom. The Hall–Kier alpha value is -2.86. The van der Waals surface area contributed by atoms with Crippen molar-refractivity contribution in [3.63, 3.8) is 0 Å². The minimum Gasteiger partial charge on any atom is -0.461 e. The van der Waals surface area contributed by atoms with Gasteiger partial charge < -0.3 is 4.42 Å². The highest BCUT2D eigenvalue weighted by Gasteiger charge is 2.16. The molecule has 3 heterocycles. The number of pyridine rings is 1. The van der Waals surface area contributed by atoms with Crippen LogP contribution >= 0.6 is 11.8 Å². The summed E-state index contributed by atoms with van der Waals surface area (Å²) in [6.45, 7) is 0.694. The van der Waals surface area contributed by atoms with Crippen LogP contribution in [0.4, 0.5) is 0 Å². The van der Waals surface area contributed by atoms with E-state index >= 15 is 0 Å². The first-order valence-corrected chi connectivity index (χ1v) is 8.91. The highest BCUT2D eigenvalue weighted by molar-refractivity contribution is 7.98. The zero-order valence-electron chi connectivity index (χ0n) is 13.4. The summed E-state index contributed by atoms with van der Waals surface area (Å²) in [6.07, 6.45) is 5.30. The Kier molecular flexibility index (Phi) is 4.61. The first kappa shape index (κ1) is 15.7. The summed E-state index contributed by atoms with van der Waals surface area (Å²) in [6, 6.07) is 18.1. The molecule has 124 valence electrons. The van der Waals surface area contributed by atoms with Gasteiger partial charge in [-0.1, -0.05) is 48.2 Å². The summed E-state index contributed by atoms with van der Waals surface area (Å²) >= 11 is 1.65. The van der Waals surface area contributed by atoms with E-state index in [0.29, 0.717) is 6.54 Å². The van der Waals surface area contributed by atoms with Gasteiger partial charge in [-0.25, -0.2) is 0 Å². The van der Waals surface area contributed by atoms with E-state index in [1.165, 1.54) is 5.56 Å². The second-order valence-corrected chi connectivity index (χ2v) is 6.45. The molecule has 25 heavy (non-hydrogen) atoms. The van der Waals surface area contributed by atoms with E-state index < -0.39 is 0 Å². The third kappa shape index (κ3) is 3.64. The molecule has 0 aliphatic rings. The normalized spacial score (nSPS) is 10.9. The number of benzene rings is 1. The van der Waals surface area contributed by atoms with Gasteiger partial charge in [-0.05, 0) is 29.3 Å². The molecule has 0 aliphatic carbocycles. The average molecular weight is 348 g/mol. The van der Waals surface area contributed by atoms with Crippen molar-refractivity contribution in [3.8, 4) is 11.6 Å². The van der Waals surface area contributed by atoms with Crippen LogP contribution in [0.25, 0.3) is 11.6 Å². The Balaban J connectivity index is 1.64. The van der Waals surface area contributed by atoms with Gasteiger partial charge in [-0.2, -0.15) is 0 Å².